The van der Waals surface area contributed by atoms with E-state index in [0.717, 1.165) is 31.2 Å². The van der Waals surface area contributed by atoms with Gasteiger partial charge in [0.25, 0.3) is 5.91 Å². The molecule has 1 amide bonds. The maximum atomic E-state index is 13.1. The number of hydrogen-bond acceptors (Lipinski definition) is 3. The average molecular weight is 421 g/mol. The van der Waals surface area contributed by atoms with Gasteiger partial charge in [0.15, 0.2) is 0 Å². The monoisotopic (exact) mass is 420 g/mol. The molecule has 3 rings (SSSR count). The van der Waals surface area contributed by atoms with Crippen LogP contribution in [-0.2, 0) is 10.0 Å². The van der Waals surface area contributed by atoms with Crippen LogP contribution in [0, 0.1) is 13.8 Å². The molecule has 2 aromatic carbocycles. The lowest BCUT2D eigenvalue weighted by atomic mass is 10.1. The van der Waals surface area contributed by atoms with Gasteiger partial charge in [0.05, 0.1) is 4.90 Å². The van der Waals surface area contributed by atoms with Crippen molar-refractivity contribution in [1.29, 1.82) is 0 Å². The average Bonchev–Trinajstić information content (AvgIpc) is 2.95. The predicted molar refractivity (Wildman–Crippen MR) is 113 cm³/mol. The first kappa shape index (κ1) is 20.8. The smallest absolute Gasteiger partial charge is 0.255 e. The van der Waals surface area contributed by atoms with E-state index in [-0.39, 0.29) is 10.8 Å². The number of aryl methyl sites for hydroxylation is 1. The minimum absolute atomic E-state index is 0.160. The Labute approximate surface area is 171 Å². The van der Waals surface area contributed by atoms with Gasteiger partial charge in [0, 0.05) is 29.4 Å². The molecule has 0 bridgehead atoms. The van der Waals surface area contributed by atoms with Crippen molar-refractivity contribution < 1.29 is 13.2 Å². The first-order valence-electron chi connectivity index (χ1n) is 9.48. The SMILES string of the molecule is Cc1ccc(S(=O)(=O)N2CCCCCC2)cc1C(=O)Nc1cccc(Cl)c1C. The maximum Gasteiger partial charge on any atom is 0.255 e. The summed E-state index contributed by atoms with van der Waals surface area (Å²) >= 11 is 6.12. The molecule has 2 aromatic rings. The molecule has 1 aliphatic rings. The number of anilines is 1. The van der Waals surface area contributed by atoms with Gasteiger partial charge in [0.1, 0.15) is 0 Å². The third kappa shape index (κ3) is 4.40. The number of rotatable bonds is 4. The zero-order valence-electron chi connectivity index (χ0n) is 16.2. The van der Waals surface area contributed by atoms with E-state index in [0.29, 0.717) is 34.9 Å². The van der Waals surface area contributed by atoms with Crippen LogP contribution < -0.4 is 5.32 Å². The van der Waals surface area contributed by atoms with E-state index in [9.17, 15) is 13.2 Å². The predicted octanol–water partition coefficient (Wildman–Crippen LogP) is 4.77. The van der Waals surface area contributed by atoms with E-state index in [4.69, 9.17) is 11.6 Å². The molecule has 1 saturated heterocycles. The number of nitrogens with zero attached hydrogens (tertiary/aromatic N) is 1. The van der Waals surface area contributed by atoms with Crippen LogP contribution in [0.25, 0.3) is 0 Å². The summed E-state index contributed by atoms with van der Waals surface area (Å²) in [4.78, 5) is 13.0. The van der Waals surface area contributed by atoms with E-state index in [1.54, 1.807) is 37.3 Å². The van der Waals surface area contributed by atoms with Gasteiger partial charge in [-0.15, -0.1) is 0 Å². The van der Waals surface area contributed by atoms with E-state index in [1.165, 1.54) is 10.4 Å². The summed E-state index contributed by atoms with van der Waals surface area (Å²) in [5.74, 6) is -0.351. The van der Waals surface area contributed by atoms with E-state index in [1.807, 2.05) is 6.92 Å². The number of carbonyl (C=O) groups excluding carboxylic acids is 1. The van der Waals surface area contributed by atoms with Gasteiger partial charge in [-0.3, -0.25) is 4.79 Å². The second-order valence-corrected chi connectivity index (χ2v) is 9.51. The fraction of sp³-hybridized carbons (Fsp3) is 0.381. The molecule has 0 aromatic heterocycles. The molecule has 1 N–H and O–H groups in total. The van der Waals surface area contributed by atoms with Gasteiger partial charge in [-0.25, -0.2) is 8.42 Å². The Kier molecular flexibility index (Phi) is 6.43. The third-order valence-electron chi connectivity index (χ3n) is 5.17. The van der Waals surface area contributed by atoms with Crippen molar-refractivity contribution in [3.63, 3.8) is 0 Å². The van der Waals surface area contributed by atoms with Gasteiger partial charge >= 0.3 is 0 Å². The molecular weight excluding hydrogens is 396 g/mol. The Bertz CT molecular complexity index is 981. The Morgan fingerprint density at radius 2 is 1.71 bits per heavy atom. The standard InChI is InChI=1S/C21H25ClN2O3S/c1-15-10-11-17(28(26,27)24-12-5-3-4-6-13-24)14-18(15)21(25)23-20-9-7-8-19(22)16(20)2/h7-11,14H,3-6,12-13H2,1-2H3,(H,23,25). The quantitative estimate of drug-likeness (QED) is 0.774. The van der Waals surface area contributed by atoms with Crippen LogP contribution in [0.4, 0.5) is 5.69 Å². The fourth-order valence-electron chi connectivity index (χ4n) is 3.37. The highest BCUT2D eigenvalue weighted by Crippen LogP contribution is 2.26. The molecule has 1 fully saturated rings. The number of sulfonamides is 1. The second kappa shape index (κ2) is 8.64. The van der Waals surface area contributed by atoms with Crippen molar-refractivity contribution in [3.05, 3.63) is 58.1 Å². The lowest BCUT2D eigenvalue weighted by Crippen LogP contribution is -2.32. The summed E-state index contributed by atoms with van der Waals surface area (Å²) in [5, 5.41) is 3.41. The second-order valence-electron chi connectivity index (χ2n) is 7.16. The van der Waals surface area contributed by atoms with Gasteiger partial charge in [-0.2, -0.15) is 4.31 Å². The van der Waals surface area contributed by atoms with Crippen LogP contribution in [-0.4, -0.2) is 31.7 Å². The van der Waals surface area contributed by atoms with Gasteiger partial charge in [-0.05, 0) is 62.1 Å². The molecule has 0 saturated carbocycles. The molecule has 1 heterocycles. The summed E-state index contributed by atoms with van der Waals surface area (Å²) in [5.41, 5.74) is 2.43. The van der Waals surface area contributed by atoms with Crippen LogP contribution in [0.15, 0.2) is 41.3 Å². The molecule has 5 nitrogen and oxygen atoms in total. The van der Waals surface area contributed by atoms with Crippen molar-refractivity contribution in [3.8, 4) is 0 Å². The Morgan fingerprint density at radius 3 is 2.39 bits per heavy atom. The lowest BCUT2D eigenvalue weighted by Gasteiger charge is -2.20. The highest BCUT2D eigenvalue weighted by atomic mass is 35.5. The summed E-state index contributed by atoms with van der Waals surface area (Å²) in [6.45, 7) is 4.67. The summed E-state index contributed by atoms with van der Waals surface area (Å²) in [7, 11) is -3.61. The molecule has 7 heteroatoms. The zero-order valence-corrected chi connectivity index (χ0v) is 17.7. The minimum Gasteiger partial charge on any atom is -0.322 e. The lowest BCUT2D eigenvalue weighted by molar-refractivity contribution is 0.102. The first-order valence-corrected chi connectivity index (χ1v) is 11.3. The molecule has 150 valence electrons. The number of halogens is 1. The number of nitrogens with one attached hydrogen (secondary N) is 1. The number of amides is 1. The molecule has 28 heavy (non-hydrogen) atoms. The molecule has 0 aliphatic carbocycles. The highest BCUT2D eigenvalue weighted by Gasteiger charge is 2.26. The molecular formula is C21H25ClN2O3S. The molecule has 0 unspecified atom stereocenters. The van der Waals surface area contributed by atoms with Crippen molar-refractivity contribution >= 4 is 33.2 Å². The maximum absolute atomic E-state index is 13.1. The van der Waals surface area contributed by atoms with Crippen molar-refractivity contribution in [2.45, 2.75) is 44.4 Å². The van der Waals surface area contributed by atoms with Crippen molar-refractivity contribution in [1.82, 2.24) is 4.31 Å². The van der Waals surface area contributed by atoms with Crippen LogP contribution >= 0.6 is 11.6 Å². The third-order valence-corrected chi connectivity index (χ3v) is 7.48. The number of carbonyl (C=O) groups is 1. The van der Waals surface area contributed by atoms with Crippen LogP contribution in [0.3, 0.4) is 0 Å². The molecule has 0 radical (unpaired) electrons. The van der Waals surface area contributed by atoms with Crippen molar-refractivity contribution in [2.24, 2.45) is 0 Å². The van der Waals surface area contributed by atoms with Gasteiger partial charge in [0.2, 0.25) is 10.0 Å². The number of hydrogen-bond donors (Lipinski definition) is 1. The van der Waals surface area contributed by atoms with Crippen molar-refractivity contribution in [2.75, 3.05) is 18.4 Å². The Morgan fingerprint density at radius 1 is 1.04 bits per heavy atom. The summed E-state index contributed by atoms with van der Waals surface area (Å²) < 4.78 is 27.7. The minimum atomic E-state index is -3.61. The normalized spacial score (nSPS) is 15.8. The highest BCUT2D eigenvalue weighted by molar-refractivity contribution is 7.89. The summed E-state index contributed by atoms with van der Waals surface area (Å²) in [6.07, 6.45) is 3.83. The van der Waals surface area contributed by atoms with Crippen LogP contribution in [0.1, 0.15) is 47.2 Å². The molecule has 0 atom stereocenters. The molecule has 1 aliphatic heterocycles. The Hall–Kier alpha value is -1.89. The van der Waals surface area contributed by atoms with E-state index < -0.39 is 10.0 Å². The topological polar surface area (TPSA) is 66.5 Å². The Balaban J connectivity index is 1.90. The van der Waals surface area contributed by atoms with Crippen LogP contribution in [0.5, 0.6) is 0 Å². The first-order chi connectivity index (χ1) is 13.3. The zero-order chi connectivity index (χ0) is 20.3. The van der Waals surface area contributed by atoms with Crippen LogP contribution in [0.2, 0.25) is 5.02 Å². The number of benzene rings is 2. The summed E-state index contributed by atoms with van der Waals surface area (Å²) in [6, 6.07) is 10.0. The van der Waals surface area contributed by atoms with Gasteiger partial charge < -0.3 is 5.32 Å². The molecule has 0 spiro atoms. The fourth-order valence-corrected chi connectivity index (χ4v) is 5.09. The van der Waals surface area contributed by atoms with E-state index >= 15 is 0 Å². The van der Waals surface area contributed by atoms with Gasteiger partial charge in [-0.1, -0.05) is 36.6 Å². The van der Waals surface area contributed by atoms with E-state index in [2.05, 4.69) is 5.32 Å². The largest absolute Gasteiger partial charge is 0.322 e.